The van der Waals surface area contributed by atoms with E-state index in [4.69, 9.17) is 5.11 Å². The van der Waals surface area contributed by atoms with Crippen molar-refractivity contribution in [2.75, 3.05) is 0 Å². The molecule has 0 spiro atoms. The fourth-order valence-electron chi connectivity index (χ4n) is 1.71. The molecule has 0 aromatic heterocycles. The molecule has 3 nitrogen and oxygen atoms in total. The highest BCUT2D eigenvalue weighted by Gasteiger charge is 2.11. The molecule has 20 heavy (non-hydrogen) atoms. The largest absolute Gasteiger partial charge is 0.392 e. The van der Waals surface area contributed by atoms with E-state index in [1.807, 2.05) is 0 Å². The zero-order valence-electron chi connectivity index (χ0n) is 10.6. The fraction of sp³-hybridized carbons (Fsp3) is 0.133. The molecule has 0 saturated heterocycles. The number of aliphatic hydroxyl groups is 1. The molecule has 2 aromatic rings. The van der Waals surface area contributed by atoms with Crippen LogP contribution in [0.25, 0.3) is 0 Å². The molecule has 0 heterocycles. The summed E-state index contributed by atoms with van der Waals surface area (Å²) in [5.41, 5.74) is 1.39. The smallest absolute Gasteiger partial charge is 0.254 e. The number of hydrogen-bond donors (Lipinski definition) is 2. The number of halogens is 2. The van der Waals surface area contributed by atoms with Crippen molar-refractivity contribution in [1.82, 2.24) is 5.32 Å². The van der Waals surface area contributed by atoms with Crippen molar-refractivity contribution in [3.8, 4) is 0 Å². The first kappa shape index (κ1) is 14.1. The highest BCUT2D eigenvalue weighted by atomic mass is 19.1. The minimum absolute atomic E-state index is 0.0482. The minimum Gasteiger partial charge on any atom is -0.392 e. The van der Waals surface area contributed by atoms with E-state index in [2.05, 4.69) is 5.32 Å². The number of rotatable bonds is 4. The lowest BCUT2D eigenvalue weighted by molar-refractivity contribution is 0.0947. The van der Waals surface area contributed by atoms with Crippen molar-refractivity contribution >= 4 is 5.91 Å². The second kappa shape index (κ2) is 6.25. The lowest BCUT2D eigenvalue weighted by atomic mass is 10.1. The maximum Gasteiger partial charge on any atom is 0.254 e. The third-order valence-electron chi connectivity index (χ3n) is 2.83. The van der Waals surface area contributed by atoms with E-state index in [1.165, 1.54) is 0 Å². The third-order valence-corrected chi connectivity index (χ3v) is 2.83. The monoisotopic (exact) mass is 277 g/mol. The molecule has 0 atom stereocenters. The second-order valence-corrected chi connectivity index (χ2v) is 4.28. The lowest BCUT2D eigenvalue weighted by Crippen LogP contribution is -2.23. The SMILES string of the molecule is O=C(NCc1ccc(CO)cc1)c1ccc(F)cc1F. The van der Waals surface area contributed by atoms with E-state index >= 15 is 0 Å². The zero-order valence-corrected chi connectivity index (χ0v) is 10.6. The number of carbonyl (C=O) groups is 1. The Labute approximate surface area is 114 Å². The van der Waals surface area contributed by atoms with Gasteiger partial charge in [-0.15, -0.1) is 0 Å². The Morgan fingerprint density at radius 1 is 1.05 bits per heavy atom. The summed E-state index contributed by atoms with van der Waals surface area (Å²) in [6.07, 6.45) is 0. The fourth-order valence-corrected chi connectivity index (χ4v) is 1.71. The van der Waals surface area contributed by atoms with E-state index < -0.39 is 17.5 Å². The summed E-state index contributed by atoms with van der Waals surface area (Å²) in [6, 6.07) is 9.80. The Balaban J connectivity index is 2.00. The molecule has 0 aliphatic heterocycles. The number of amides is 1. The summed E-state index contributed by atoms with van der Waals surface area (Å²) in [4.78, 5) is 11.8. The average molecular weight is 277 g/mol. The van der Waals surface area contributed by atoms with Gasteiger partial charge in [-0.25, -0.2) is 8.78 Å². The van der Waals surface area contributed by atoms with Gasteiger partial charge in [0.25, 0.3) is 5.91 Å². The van der Waals surface area contributed by atoms with Gasteiger partial charge in [-0.2, -0.15) is 0 Å². The van der Waals surface area contributed by atoms with Crippen LogP contribution in [-0.2, 0) is 13.2 Å². The molecular weight excluding hydrogens is 264 g/mol. The molecule has 0 radical (unpaired) electrons. The molecule has 104 valence electrons. The Hall–Kier alpha value is -2.27. The molecular formula is C15H13F2NO2. The van der Waals surface area contributed by atoms with Crippen LogP contribution in [0.2, 0.25) is 0 Å². The average Bonchev–Trinajstić information content (AvgIpc) is 2.45. The summed E-state index contributed by atoms with van der Waals surface area (Å²) < 4.78 is 26.1. The Kier molecular flexibility index (Phi) is 4.42. The van der Waals surface area contributed by atoms with E-state index in [9.17, 15) is 13.6 Å². The third kappa shape index (κ3) is 3.39. The summed E-state index contributed by atoms with van der Waals surface area (Å²) in [5.74, 6) is -2.22. The maximum atomic E-state index is 13.4. The topological polar surface area (TPSA) is 49.3 Å². The quantitative estimate of drug-likeness (QED) is 0.901. The van der Waals surface area contributed by atoms with Gasteiger partial charge in [0, 0.05) is 12.6 Å². The predicted octanol–water partition coefficient (Wildman–Crippen LogP) is 2.39. The minimum atomic E-state index is -0.891. The summed E-state index contributed by atoms with van der Waals surface area (Å²) in [5, 5.41) is 11.5. The highest BCUT2D eigenvalue weighted by Crippen LogP contribution is 2.10. The van der Waals surface area contributed by atoms with Crippen LogP contribution in [0, 0.1) is 11.6 Å². The van der Waals surface area contributed by atoms with Crippen molar-refractivity contribution in [1.29, 1.82) is 0 Å². The van der Waals surface area contributed by atoms with Gasteiger partial charge < -0.3 is 10.4 Å². The van der Waals surface area contributed by atoms with Crippen LogP contribution in [-0.4, -0.2) is 11.0 Å². The first-order valence-corrected chi connectivity index (χ1v) is 6.02. The van der Waals surface area contributed by atoms with Gasteiger partial charge in [-0.1, -0.05) is 24.3 Å². The van der Waals surface area contributed by atoms with Crippen LogP contribution in [0.15, 0.2) is 42.5 Å². The van der Waals surface area contributed by atoms with Crippen LogP contribution in [0.1, 0.15) is 21.5 Å². The molecule has 0 fully saturated rings. The molecule has 0 aliphatic carbocycles. The Morgan fingerprint density at radius 2 is 1.70 bits per heavy atom. The van der Waals surface area contributed by atoms with Crippen LogP contribution in [0.5, 0.6) is 0 Å². The number of nitrogens with one attached hydrogen (secondary N) is 1. The number of benzene rings is 2. The van der Waals surface area contributed by atoms with Crippen molar-refractivity contribution < 1.29 is 18.7 Å². The summed E-state index contributed by atoms with van der Waals surface area (Å²) in [7, 11) is 0. The first-order chi connectivity index (χ1) is 9.60. The molecule has 2 rings (SSSR count). The molecule has 0 aliphatic rings. The molecule has 0 saturated carbocycles. The van der Waals surface area contributed by atoms with E-state index in [-0.39, 0.29) is 18.7 Å². The zero-order chi connectivity index (χ0) is 14.5. The first-order valence-electron chi connectivity index (χ1n) is 6.02. The van der Waals surface area contributed by atoms with Crippen LogP contribution < -0.4 is 5.32 Å². The Morgan fingerprint density at radius 3 is 2.30 bits per heavy atom. The predicted molar refractivity (Wildman–Crippen MR) is 69.9 cm³/mol. The van der Waals surface area contributed by atoms with Gasteiger partial charge in [0.2, 0.25) is 0 Å². The molecule has 1 amide bonds. The van der Waals surface area contributed by atoms with Gasteiger partial charge in [0.1, 0.15) is 11.6 Å². The molecule has 0 bridgehead atoms. The number of hydrogen-bond acceptors (Lipinski definition) is 2. The van der Waals surface area contributed by atoms with E-state index in [0.29, 0.717) is 6.07 Å². The van der Waals surface area contributed by atoms with E-state index in [1.54, 1.807) is 24.3 Å². The van der Waals surface area contributed by atoms with Crippen LogP contribution in [0.4, 0.5) is 8.78 Å². The standard InChI is InChI=1S/C15H13F2NO2/c16-12-5-6-13(14(17)7-12)15(20)18-8-10-1-3-11(9-19)4-2-10/h1-7,19H,8-9H2,(H,18,20). The van der Waals surface area contributed by atoms with Gasteiger partial charge in [0.15, 0.2) is 0 Å². The number of aliphatic hydroxyl groups excluding tert-OH is 1. The number of carbonyl (C=O) groups excluding carboxylic acids is 1. The van der Waals surface area contributed by atoms with Gasteiger partial charge in [-0.3, -0.25) is 4.79 Å². The van der Waals surface area contributed by atoms with Gasteiger partial charge in [0.05, 0.1) is 12.2 Å². The summed E-state index contributed by atoms with van der Waals surface area (Å²) >= 11 is 0. The molecule has 2 N–H and O–H groups in total. The van der Waals surface area contributed by atoms with E-state index in [0.717, 1.165) is 23.3 Å². The molecule has 0 unspecified atom stereocenters. The van der Waals surface area contributed by atoms with Crippen molar-refractivity contribution in [3.05, 3.63) is 70.8 Å². The van der Waals surface area contributed by atoms with Gasteiger partial charge >= 0.3 is 0 Å². The lowest BCUT2D eigenvalue weighted by Gasteiger charge is -2.07. The van der Waals surface area contributed by atoms with Gasteiger partial charge in [-0.05, 0) is 23.3 Å². The summed E-state index contributed by atoms with van der Waals surface area (Å²) in [6.45, 7) is 0.175. The normalized spacial score (nSPS) is 10.3. The van der Waals surface area contributed by atoms with Crippen molar-refractivity contribution in [2.24, 2.45) is 0 Å². The van der Waals surface area contributed by atoms with Crippen molar-refractivity contribution in [3.63, 3.8) is 0 Å². The Bertz CT molecular complexity index is 612. The molecule has 5 heteroatoms. The maximum absolute atomic E-state index is 13.4. The second-order valence-electron chi connectivity index (χ2n) is 4.28. The molecule has 2 aromatic carbocycles. The van der Waals surface area contributed by atoms with Crippen LogP contribution in [0.3, 0.4) is 0 Å². The van der Waals surface area contributed by atoms with Crippen molar-refractivity contribution in [2.45, 2.75) is 13.2 Å². The van der Waals surface area contributed by atoms with Crippen LogP contribution >= 0.6 is 0 Å². The highest BCUT2D eigenvalue weighted by molar-refractivity contribution is 5.94.